The van der Waals surface area contributed by atoms with Crippen molar-refractivity contribution >= 4 is 17.5 Å². The molecule has 132 valence electrons. The van der Waals surface area contributed by atoms with Crippen molar-refractivity contribution in [2.45, 2.75) is 31.4 Å². The summed E-state index contributed by atoms with van der Waals surface area (Å²) >= 11 is 6.22. The summed E-state index contributed by atoms with van der Waals surface area (Å²) in [5.41, 5.74) is 0.0506. The molecular formula is C17H22ClNO5. The van der Waals surface area contributed by atoms with Crippen LogP contribution < -0.4 is 14.8 Å². The lowest BCUT2D eigenvalue weighted by Gasteiger charge is -2.55. The van der Waals surface area contributed by atoms with E-state index >= 15 is 0 Å². The van der Waals surface area contributed by atoms with Crippen LogP contribution in [-0.2, 0) is 4.74 Å². The van der Waals surface area contributed by atoms with Crippen molar-refractivity contribution in [1.29, 1.82) is 0 Å². The maximum Gasteiger partial charge on any atom is 0.253 e. The maximum absolute atomic E-state index is 12.7. The fourth-order valence-corrected chi connectivity index (χ4v) is 3.90. The fourth-order valence-electron chi connectivity index (χ4n) is 3.66. The average molecular weight is 356 g/mol. The van der Waals surface area contributed by atoms with E-state index in [0.717, 1.165) is 12.8 Å². The largest absolute Gasteiger partial charge is 0.493 e. The van der Waals surface area contributed by atoms with Crippen molar-refractivity contribution in [3.63, 3.8) is 0 Å². The summed E-state index contributed by atoms with van der Waals surface area (Å²) in [6.45, 7) is 1.22. The monoisotopic (exact) mass is 355 g/mol. The number of hydrogen-bond donors (Lipinski definition) is 2. The second-order valence-corrected chi connectivity index (χ2v) is 6.72. The highest BCUT2D eigenvalue weighted by Gasteiger charge is 2.55. The zero-order valence-electron chi connectivity index (χ0n) is 13.8. The molecule has 2 aliphatic rings. The van der Waals surface area contributed by atoms with Gasteiger partial charge in [0.2, 0.25) is 0 Å². The van der Waals surface area contributed by atoms with Crippen LogP contribution in [0, 0.1) is 5.41 Å². The molecule has 1 amide bonds. The van der Waals surface area contributed by atoms with E-state index in [2.05, 4.69) is 5.32 Å². The topological polar surface area (TPSA) is 77.0 Å². The number of ether oxygens (including phenoxy) is 3. The molecule has 2 atom stereocenters. The molecule has 1 aliphatic heterocycles. The van der Waals surface area contributed by atoms with Gasteiger partial charge < -0.3 is 24.6 Å². The number of halogens is 1. The third-order valence-electron chi connectivity index (χ3n) is 5.26. The van der Waals surface area contributed by atoms with Crippen LogP contribution in [0.1, 0.15) is 29.6 Å². The number of benzene rings is 1. The number of hydrogen-bond acceptors (Lipinski definition) is 5. The predicted octanol–water partition coefficient (Wildman–Crippen LogP) is 2.02. The van der Waals surface area contributed by atoms with Gasteiger partial charge in [-0.2, -0.15) is 0 Å². The third-order valence-corrected chi connectivity index (χ3v) is 5.58. The zero-order chi connectivity index (χ0) is 17.3. The molecule has 0 bridgehead atoms. The van der Waals surface area contributed by atoms with Gasteiger partial charge in [0, 0.05) is 30.7 Å². The first-order valence-electron chi connectivity index (χ1n) is 8.00. The van der Waals surface area contributed by atoms with Crippen LogP contribution in [-0.4, -0.2) is 50.6 Å². The molecule has 24 heavy (non-hydrogen) atoms. The van der Waals surface area contributed by atoms with E-state index in [1.165, 1.54) is 14.2 Å². The van der Waals surface area contributed by atoms with Crippen molar-refractivity contribution in [1.82, 2.24) is 5.32 Å². The molecule has 0 unspecified atom stereocenters. The minimum atomic E-state index is -0.396. The predicted molar refractivity (Wildman–Crippen MR) is 88.9 cm³/mol. The van der Waals surface area contributed by atoms with E-state index < -0.39 is 6.10 Å². The number of nitrogens with one attached hydrogen (secondary N) is 1. The first kappa shape index (κ1) is 17.3. The molecule has 2 fully saturated rings. The van der Waals surface area contributed by atoms with Crippen LogP contribution in [0.3, 0.4) is 0 Å². The Kier molecular flexibility index (Phi) is 4.90. The van der Waals surface area contributed by atoms with E-state index in [4.69, 9.17) is 25.8 Å². The summed E-state index contributed by atoms with van der Waals surface area (Å²) in [6, 6.07) is 3.06. The van der Waals surface area contributed by atoms with Gasteiger partial charge in [-0.25, -0.2) is 0 Å². The smallest absolute Gasteiger partial charge is 0.253 e. The summed E-state index contributed by atoms with van der Waals surface area (Å²) < 4.78 is 15.8. The summed E-state index contributed by atoms with van der Waals surface area (Å²) in [7, 11) is 3.02. The van der Waals surface area contributed by atoms with Crippen LogP contribution in [0.25, 0.3) is 0 Å². The van der Waals surface area contributed by atoms with E-state index in [0.29, 0.717) is 41.7 Å². The number of methoxy groups -OCH3 is 2. The molecule has 1 heterocycles. The van der Waals surface area contributed by atoms with Gasteiger partial charge in [0.05, 0.1) is 30.9 Å². The Hall–Kier alpha value is -1.50. The Morgan fingerprint density at radius 3 is 2.50 bits per heavy atom. The normalized spacial score (nSPS) is 25.0. The molecule has 1 spiro atoms. The van der Waals surface area contributed by atoms with Gasteiger partial charge in [0.1, 0.15) is 0 Å². The van der Waals surface area contributed by atoms with Gasteiger partial charge in [-0.05, 0) is 25.3 Å². The molecular weight excluding hydrogens is 334 g/mol. The van der Waals surface area contributed by atoms with Gasteiger partial charge in [-0.1, -0.05) is 11.6 Å². The van der Waals surface area contributed by atoms with Gasteiger partial charge in [-0.15, -0.1) is 0 Å². The lowest BCUT2D eigenvalue weighted by atomic mass is 9.58. The minimum absolute atomic E-state index is 0.0759. The number of amides is 1. The molecule has 2 N–H and O–H groups in total. The number of carbonyl (C=O) groups is 1. The molecule has 1 aromatic rings. The Bertz CT molecular complexity index is 630. The molecule has 1 saturated carbocycles. The molecule has 1 aliphatic carbocycles. The van der Waals surface area contributed by atoms with Crippen LogP contribution >= 0.6 is 11.6 Å². The van der Waals surface area contributed by atoms with Crippen LogP contribution in [0.4, 0.5) is 0 Å². The van der Waals surface area contributed by atoms with E-state index in [1.807, 2.05) is 0 Å². The van der Waals surface area contributed by atoms with Gasteiger partial charge in [0.15, 0.2) is 11.5 Å². The Labute approximate surface area is 146 Å². The van der Waals surface area contributed by atoms with Crippen molar-refractivity contribution in [2.24, 2.45) is 5.41 Å². The highest BCUT2D eigenvalue weighted by molar-refractivity contribution is 6.34. The minimum Gasteiger partial charge on any atom is -0.493 e. The van der Waals surface area contributed by atoms with Crippen LogP contribution in [0.2, 0.25) is 5.02 Å². The van der Waals surface area contributed by atoms with Gasteiger partial charge >= 0.3 is 0 Å². The summed E-state index contributed by atoms with van der Waals surface area (Å²) in [5.74, 6) is 0.643. The van der Waals surface area contributed by atoms with Crippen molar-refractivity contribution in [3.05, 3.63) is 22.7 Å². The molecule has 0 radical (unpaired) electrons. The Morgan fingerprint density at radius 1 is 1.29 bits per heavy atom. The second-order valence-electron chi connectivity index (χ2n) is 6.31. The summed E-state index contributed by atoms with van der Waals surface area (Å²) in [6.07, 6.45) is 1.65. The van der Waals surface area contributed by atoms with E-state index in [-0.39, 0.29) is 17.4 Å². The summed E-state index contributed by atoms with van der Waals surface area (Å²) in [4.78, 5) is 12.7. The Morgan fingerprint density at radius 2 is 1.92 bits per heavy atom. The van der Waals surface area contributed by atoms with Crippen LogP contribution in [0.5, 0.6) is 11.5 Å². The van der Waals surface area contributed by atoms with Crippen molar-refractivity contribution < 1.29 is 24.1 Å². The lowest BCUT2D eigenvalue weighted by molar-refractivity contribution is -0.145. The van der Waals surface area contributed by atoms with E-state index in [9.17, 15) is 9.90 Å². The summed E-state index contributed by atoms with van der Waals surface area (Å²) in [5, 5.41) is 13.5. The number of carbonyl (C=O) groups excluding carboxylic acids is 1. The van der Waals surface area contributed by atoms with Gasteiger partial charge in [-0.3, -0.25) is 4.79 Å². The highest BCUT2D eigenvalue weighted by atomic mass is 35.5. The standard InChI is InChI=1S/C17H22ClNO5/c1-22-12-7-10(11(18)8-13(12)23-2)16(21)19-14-9-15(20)17(14)3-5-24-6-4-17/h7-8,14-15,20H,3-6,9H2,1-2H3,(H,19,21)/t14-,15-/m1/s1. The molecule has 0 aromatic heterocycles. The lowest BCUT2D eigenvalue weighted by Crippen LogP contribution is -2.65. The molecule has 3 rings (SSSR count). The van der Waals surface area contributed by atoms with E-state index in [1.54, 1.807) is 12.1 Å². The molecule has 6 nitrogen and oxygen atoms in total. The van der Waals surface area contributed by atoms with Gasteiger partial charge in [0.25, 0.3) is 5.91 Å². The SMILES string of the molecule is COc1cc(Cl)c(C(=O)N[C@@H]2C[C@@H](O)C23CCOCC3)cc1OC. The average Bonchev–Trinajstić information content (AvgIpc) is 2.61. The highest BCUT2D eigenvalue weighted by Crippen LogP contribution is 2.49. The number of aliphatic hydroxyl groups is 1. The zero-order valence-corrected chi connectivity index (χ0v) is 14.6. The Balaban J connectivity index is 1.78. The molecule has 7 heteroatoms. The van der Waals surface area contributed by atoms with Crippen molar-refractivity contribution in [2.75, 3.05) is 27.4 Å². The van der Waals surface area contributed by atoms with Crippen molar-refractivity contribution in [3.8, 4) is 11.5 Å². The maximum atomic E-state index is 12.7. The fraction of sp³-hybridized carbons (Fsp3) is 0.588. The molecule has 1 aromatic carbocycles. The van der Waals surface area contributed by atoms with Crippen LogP contribution in [0.15, 0.2) is 12.1 Å². The first-order valence-corrected chi connectivity index (χ1v) is 8.38. The number of aliphatic hydroxyl groups excluding tert-OH is 1. The number of rotatable bonds is 4. The molecule has 1 saturated heterocycles. The quantitative estimate of drug-likeness (QED) is 0.864. The third kappa shape index (κ3) is 2.83. The first-order chi connectivity index (χ1) is 11.5. The second kappa shape index (κ2) is 6.78.